The van der Waals surface area contributed by atoms with E-state index in [1.807, 2.05) is 6.92 Å². The Bertz CT molecular complexity index is 628. The van der Waals surface area contributed by atoms with Crippen LogP contribution >= 0.6 is 0 Å². The highest BCUT2D eigenvalue weighted by molar-refractivity contribution is 5.94. The number of rotatable bonds is 1. The Balaban J connectivity index is 2.05. The van der Waals surface area contributed by atoms with Gasteiger partial charge in [0.05, 0.1) is 18.8 Å². The van der Waals surface area contributed by atoms with Crippen molar-refractivity contribution >= 4 is 12.0 Å². The van der Waals surface area contributed by atoms with Gasteiger partial charge < -0.3 is 15.7 Å². The van der Waals surface area contributed by atoms with Crippen molar-refractivity contribution in [2.24, 2.45) is 5.73 Å². The number of carbonyl (C=O) groups excluding carboxylic acids is 1. The fraction of sp³-hybridized carbons (Fsp3) is 0.615. The highest BCUT2D eigenvalue weighted by Gasteiger charge is 2.37. The predicted molar refractivity (Wildman–Crippen MR) is 75.0 cm³/mol. The lowest BCUT2D eigenvalue weighted by atomic mass is 10.00. The molecule has 0 radical (unpaired) electrons. The predicted octanol–water partition coefficient (Wildman–Crippen LogP) is -0.348. The molecule has 0 bridgehead atoms. The van der Waals surface area contributed by atoms with Gasteiger partial charge in [0, 0.05) is 31.6 Å². The smallest absolute Gasteiger partial charge is 0.407 e. The Morgan fingerprint density at radius 3 is 2.91 bits per heavy atom. The minimum absolute atomic E-state index is 0.161. The third-order valence-electron chi connectivity index (χ3n) is 4.16. The Morgan fingerprint density at radius 2 is 2.27 bits per heavy atom. The molecule has 2 aliphatic rings. The first-order valence-corrected chi connectivity index (χ1v) is 7.15. The van der Waals surface area contributed by atoms with Gasteiger partial charge in [-0.05, 0) is 6.92 Å². The van der Waals surface area contributed by atoms with Crippen molar-refractivity contribution in [3.63, 3.8) is 0 Å². The van der Waals surface area contributed by atoms with Gasteiger partial charge in [0.15, 0.2) is 0 Å². The van der Waals surface area contributed by atoms with Crippen molar-refractivity contribution in [1.82, 2.24) is 19.7 Å². The Kier molecular flexibility index (Phi) is 3.53. The number of nitrogens with zero attached hydrogens (tertiary/aromatic N) is 4. The van der Waals surface area contributed by atoms with Crippen molar-refractivity contribution in [3.05, 3.63) is 17.0 Å². The Morgan fingerprint density at radius 1 is 1.55 bits per heavy atom. The topological polar surface area (TPSA) is 114 Å². The monoisotopic (exact) mass is 309 g/mol. The van der Waals surface area contributed by atoms with E-state index in [2.05, 4.69) is 5.10 Å². The van der Waals surface area contributed by atoms with E-state index in [1.54, 1.807) is 4.68 Å². The van der Waals surface area contributed by atoms with Crippen LogP contribution in [0.2, 0.25) is 0 Å². The van der Waals surface area contributed by atoms with E-state index in [4.69, 9.17) is 10.6 Å². The van der Waals surface area contributed by atoms with Gasteiger partial charge in [-0.15, -0.1) is 0 Å². The number of carboxylic acid groups (broad SMARTS) is 1. The minimum Gasteiger partial charge on any atom is -0.465 e. The number of nitrogens with two attached hydrogens (primary N) is 1. The molecule has 0 saturated carbocycles. The third-order valence-corrected chi connectivity index (χ3v) is 4.16. The zero-order valence-corrected chi connectivity index (χ0v) is 12.5. The molecule has 0 aromatic carbocycles. The molecule has 2 amide bonds. The largest absolute Gasteiger partial charge is 0.465 e. The van der Waals surface area contributed by atoms with Crippen LogP contribution in [-0.2, 0) is 24.3 Å². The molecule has 0 aliphatic carbocycles. The maximum atomic E-state index is 12.5. The summed E-state index contributed by atoms with van der Waals surface area (Å²) in [5.41, 5.74) is 7.49. The number of aromatic nitrogens is 2. The van der Waals surface area contributed by atoms with Crippen molar-refractivity contribution < 1.29 is 19.5 Å². The van der Waals surface area contributed by atoms with Crippen LogP contribution in [0.15, 0.2) is 0 Å². The van der Waals surface area contributed by atoms with E-state index >= 15 is 0 Å². The second-order valence-electron chi connectivity index (χ2n) is 5.69. The van der Waals surface area contributed by atoms with Crippen LogP contribution in [0, 0.1) is 0 Å². The molecular formula is C13H19N5O4. The molecule has 3 heterocycles. The van der Waals surface area contributed by atoms with E-state index in [-0.39, 0.29) is 31.1 Å². The molecule has 3 rings (SSSR count). The summed E-state index contributed by atoms with van der Waals surface area (Å²) in [7, 11) is 1.53. The van der Waals surface area contributed by atoms with Gasteiger partial charge in [0.2, 0.25) is 0 Å². The second kappa shape index (κ2) is 5.25. The molecular weight excluding hydrogens is 290 g/mol. The molecule has 22 heavy (non-hydrogen) atoms. The Labute approximate surface area is 127 Å². The van der Waals surface area contributed by atoms with E-state index in [1.165, 1.54) is 11.9 Å². The van der Waals surface area contributed by atoms with Crippen molar-refractivity contribution in [3.8, 4) is 0 Å². The first-order chi connectivity index (χ1) is 10.4. The molecule has 1 aromatic rings. The lowest BCUT2D eigenvalue weighted by Crippen LogP contribution is -2.42. The summed E-state index contributed by atoms with van der Waals surface area (Å²) >= 11 is 0. The molecule has 1 unspecified atom stereocenters. The molecule has 3 N–H and O–H groups in total. The van der Waals surface area contributed by atoms with Crippen LogP contribution in [-0.4, -0.2) is 62.6 Å². The maximum Gasteiger partial charge on any atom is 0.407 e. The SMILES string of the molecule is C[C@@H]1Cc2nn3c(c2CN1C(=O)O)C(=O)N(C)OC(CN)C3. The molecule has 1 aromatic heterocycles. The van der Waals surface area contributed by atoms with Crippen LogP contribution in [0.3, 0.4) is 0 Å². The van der Waals surface area contributed by atoms with Gasteiger partial charge in [-0.25, -0.2) is 9.86 Å². The van der Waals surface area contributed by atoms with Crippen LogP contribution in [0.4, 0.5) is 4.79 Å². The standard InChI is InChI=1S/C13H19N5O4/c1-7-3-10-9(6-17(7)13(20)21)11-12(19)16(2)22-8(4-14)5-18(11)15-10/h7-8H,3-6,14H2,1-2H3,(H,20,21)/t7-,8?/m1/s1. The Hall–Kier alpha value is -2.13. The molecule has 2 atom stereocenters. The minimum atomic E-state index is -0.997. The van der Waals surface area contributed by atoms with E-state index in [0.29, 0.717) is 24.2 Å². The van der Waals surface area contributed by atoms with Gasteiger partial charge >= 0.3 is 6.09 Å². The molecule has 120 valence electrons. The zero-order valence-electron chi connectivity index (χ0n) is 12.5. The maximum absolute atomic E-state index is 12.5. The average Bonchev–Trinajstić information content (AvgIpc) is 2.75. The first-order valence-electron chi connectivity index (χ1n) is 7.15. The molecule has 0 fully saturated rings. The van der Waals surface area contributed by atoms with E-state index < -0.39 is 6.09 Å². The number of carbonyl (C=O) groups is 2. The van der Waals surface area contributed by atoms with Gasteiger partial charge in [0.1, 0.15) is 11.8 Å². The number of hydrogen-bond donors (Lipinski definition) is 2. The number of fused-ring (bicyclic) bond motifs is 3. The fourth-order valence-electron chi connectivity index (χ4n) is 2.99. The van der Waals surface area contributed by atoms with Crippen molar-refractivity contribution in [1.29, 1.82) is 0 Å². The van der Waals surface area contributed by atoms with E-state index in [9.17, 15) is 14.7 Å². The normalized spacial score (nSPS) is 24.8. The summed E-state index contributed by atoms with van der Waals surface area (Å²) in [5.74, 6) is -0.329. The third kappa shape index (κ3) is 2.22. The average molecular weight is 309 g/mol. The van der Waals surface area contributed by atoms with Crippen molar-refractivity contribution in [2.45, 2.75) is 38.6 Å². The van der Waals surface area contributed by atoms with Gasteiger partial charge in [-0.2, -0.15) is 5.10 Å². The first kappa shape index (κ1) is 14.8. The number of amides is 2. The number of hydrogen-bond acceptors (Lipinski definition) is 5. The number of hydroxylamine groups is 2. The second-order valence-corrected chi connectivity index (χ2v) is 5.69. The summed E-state index contributed by atoms with van der Waals surface area (Å²) in [5, 5.41) is 14.9. The summed E-state index contributed by atoms with van der Waals surface area (Å²) in [6, 6.07) is -0.168. The van der Waals surface area contributed by atoms with Gasteiger partial charge in [-0.3, -0.25) is 14.3 Å². The van der Waals surface area contributed by atoms with Gasteiger partial charge in [-0.1, -0.05) is 0 Å². The molecule has 9 heteroatoms. The van der Waals surface area contributed by atoms with Crippen LogP contribution < -0.4 is 5.73 Å². The summed E-state index contributed by atoms with van der Waals surface area (Å²) in [6.45, 7) is 2.63. The van der Waals surface area contributed by atoms with Crippen LogP contribution in [0.5, 0.6) is 0 Å². The zero-order chi connectivity index (χ0) is 16.0. The fourth-order valence-corrected chi connectivity index (χ4v) is 2.99. The summed E-state index contributed by atoms with van der Waals surface area (Å²) < 4.78 is 1.60. The van der Waals surface area contributed by atoms with E-state index in [0.717, 1.165) is 10.8 Å². The molecule has 0 saturated heterocycles. The van der Waals surface area contributed by atoms with Gasteiger partial charge in [0.25, 0.3) is 5.91 Å². The highest BCUT2D eigenvalue weighted by Crippen LogP contribution is 2.28. The molecule has 2 aliphatic heterocycles. The summed E-state index contributed by atoms with van der Waals surface area (Å²) in [6.07, 6.45) is -0.847. The lowest BCUT2D eigenvalue weighted by Gasteiger charge is -2.30. The highest BCUT2D eigenvalue weighted by atomic mass is 16.7. The molecule has 0 spiro atoms. The molecule has 9 nitrogen and oxygen atoms in total. The van der Waals surface area contributed by atoms with Crippen LogP contribution in [0.25, 0.3) is 0 Å². The lowest BCUT2D eigenvalue weighted by molar-refractivity contribution is -0.144. The summed E-state index contributed by atoms with van der Waals surface area (Å²) in [4.78, 5) is 30.7. The quantitative estimate of drug-likeness (QED) is 0.733. The van der Waals surface area contributed by atoms with Crippen LogP contribution in [0.1, 0.15) is 28.7 Å². The van der Waals surface area contributed by atoms with Crippen molar-refractivity contribution in [2.75, 3.05) is 13.6 Å².